The summed E-state index contributed by atoms with van der Waals surface area (Å²) in [5, 5.41) is 14.4. The molecule has 1 aliphatic carbocycles. The minimum absolute atomic E-state index is 0.248. The van der Waals surface area contributed by atoms with E-state index in [4.69, 9.17) is 0 Å². The van der Waals surface area contributed by atoms with Gasteiger partial charge in [0.1, 0.15) is 0 Å². The molecule has 3 heteroatoms. The molecule has 0 bridgehead atoms. The fourth-order valence-corrected chi connectivity index (χ4v) is 4.30. The highest BCUT2D eigenvalue weighted by Gasteiger charge is 2.34. The highest BCUT2D eigenvalue weighted by molar-refractivity contribution is 8.03. The molecule has 126 valence electrons. The van der Waals surface area contributed by atoms with Crippen molar-refractivity contribution in [3.8, 4) is 0 Å². The molecule has 2 aromatic carbocycles. The number of thioether (sulfide) groups is 1. The van der Waals surface area contributed by atoms with Crippen molar-refractivity contribution in [3.05, 3.63) is 77.7 Å². The molecule has 0 radical (unpaired) electrons. The van der Waals surface area contributed by atoms with Gasteiger partial charge in [-0.25, -0.2) is 0 Å². The standard InChI is InChI=1S/C21H25NOS/c1-16(24-18-11-6-3-7-12-18)21(23)19-13-8-14-20(19)22-15-17-9-4-2-5-10-17/h2-7,9-12,19-23H,1,8,13-15H2/t19-,20+,21+/m0/s1. The van der Waals surface area contributed by atoms with Gasteiger partial charge in [-0.3, -0.25) is 0 Å². The van der Waals surface area contributed by atoms with Crippen LogP contribution in [0.25, 0.3) is 0 Å². The molecule has 3 rings (SSSR count). The van der Waals surface area contributed by atoms with E-state index < -0.39 is 6.10 Å². The van der Waals surface area contributed by atoms with Gasteiger partial charge in [0.05, 0.1) is 6.10 Å². The monoisotopic (exact) mass is 339 g/mol. The van der Waals surface area contributed by atoms with Gasteiger partial charge < -0.3 is 10.4 Å². The number of hydrogen-bond donors (Lipinski definition) is 2. The summed E-state index contributed by atoms with van der Waals surface area (Å²) in [6.45, 7) is 4.99. The Labute approximate surface area is 149 Å². The van der Waals surface area contributed by atoms with Crippen LogP contribution in [0.3, 0.4) is 0 Å². The largest absolute Gasteiger partial charge is 0.388 e. The highest BCUT2D eigenvalue weighted by atomic mass is 32.2. The number of aliphatic hydroxyl groups is 1. The van der Waals surface area contributed by atoms with Crippen molar-refractivity contribution in [1.29, 1.82) is 0 Å². The first-order chi connectivity index (χ1) is 11.7. The van der Waals surface area contributed by atoms with Crippen LogP contribution in [0.15, 0.2) is 77.0 Å². The summed E-state index contributed by atoms with van der Waals surface area (Å²) in [6.07, 6.45) is 2.88. The Bertz CT molecular complexity index is 643. The quantitative estimate of drug-likeness (QED) is 0.723. The van der Waals surface area contributed by atoms with Crippen LogP contribution in [-0.4, -0.2) is 17.3 Å². The molecular weight excluding hydrogens is 314 g/mol. The zero-order valence-corrected chi connectivity index (χ0v) is 14.7. The maximum Gasteiger partial charge on any atom is 0.0888 e. The number of benzene rings is 2. The molecule has 0 aromatic heterocycles. The molecule has 0 heterocycles. The smallest absolute Gasteiger partial charge is 0.0888 e. The molecule has 24 heavy (non-hydrogen) atoms. The Hall–Kier alpha value is -1.55. The van der Waals surface area contributed by atoms with Gasteiger partial charge in [0.25, 0.3) is 0 Å². The molecule has 2 aromatic rings. The molecule has 2 N–H and O–H groups in total. The third-order valence-corrected chi connectivity index (χ3v) is 5.72. The molecule has 1 fully saturated rings. The van der Waals surface area contributed by atoms with Gasteiger partial charge in [0.2, 0.25) is 0 Å². The molecule has 0 spiro atoms. The van der Waals surface area contributed by atoms with Crippen molar-refractivity contribution in [1.82, 2.24) is 5.32 Å². The van der Waals surface area contributed by atoms with E-state index >= 15 is 0 Å². The molecule has 3 atom stereocenters. The fraction of sp³-hybridized carbons (Fsp3) is 0.333. The normalized spacial score (nSPS) is 21.5. The second kappa shape index (κ2) is 8.52. The Morgan fingerprint density at radius 1 is 1.08 bits per heavy atom. The fourth-order valence-electron chi connectivity index (χ4n) is 3.40. The number of hydrogen-bond acceptors (Lipinski definition) is 3. The molecule has 2 nitrogen and oxygen atoms in total. The van der Waals surface area contributed by atoms with E-state index in [-0.39, 0.29) is 5.92 Å². The lowest BCUT2D eigenvalue weighted by Crippen LogP contribution is -2.38. The zero-order chi connectivity index (χ0) is 16.8. The first-order valence-electron chi connectivity index (χ1n) is 8.61. The Morgan fingerprint density at radius 3 is 2.46 bits per heavy atom. The van der Waals surface area contributed by atoms with Crippen LogP contribution in [0.5, 0.6) is 0 Å². The van der Waals surface area contributed by atoms with Crippen LogP contribution >= 0.6 is 11.8 Å². The summed E-state index contributed by atoms with van der Waals surface area (Å²) in [5.41, 5.74) is 1.29. The van der Waals surface area contributed by atoms with Crippen LogP contribution in [0.2, 0.25) is 0 Å². The van der Waals surface area contributed by atoms with Gasteiger partial charge in [-0.1, -0.05) is 73.3 Å². The molecule has 1 aliphatic rings. The van der Waals surface area contributed by atoms with Crippen molar-refractivity contribution in [2.45, 2.75) is 42.8 Å². The van der Waals surface area contributed by atoms with E-state index in [1.54, 1.807) is 11.8 Å². The summed E-state index contributed by atoms with van der Waals surface area (Å²) in [5.74, 6) is 0.248. The van der Waals surface area contributed by atoms with Crippen molar-refractivity contribution in [3.63, 3.8) is 0 Å². The number of nitrogens with one attached hydrogen (secondary N) is 1. The van der Waals surface area contributed by atoms with Gasteiger partial charge in [-0.15, -0.1) is 0 Å². The maximum atomic E-state index is 10.8. The summed E-state index contributed by atoms with van der Waals surface area (Å²) < 4.78 is 0. The van der Waals surface area contributed by atoms with E-state index in [1.165, 1.54) is 5.56 Å². The lowest BCUT2D eigenvalue weighted by atomic mass is 9.96. The number of aliphatic hydroxyl groups excluding tert-OH is 1. The van der Waals surface area contributed by atoms with Crippen LogP contribution in [-0.2, 0) is 6.54 Å². The van der Waals surface area contributed by atoms with Crippen LogP contribution in [0.4, 0.5) is 0 Å². The van der Waals surface area contributed by atoms with Gasteiger partial charge >= 0.3 is 0 Å². The predicted molar refractivity (Wildman–Crippen MR) is 102 cm³/mol. The lowest BCUT2D eigenvalue weighted by Gasteiger charge is -2.27. The van der Waals surface area contributed by atoms with Gasteiger partial charge in [-0.05, 0) is 30.5 Å². The van der Waals surface area contributed by atoms with Crippen molar-refractivity contribution in [2.24, 2.45) is 5.92 Å². The minimum atomic E-state index is -0.467. The summed E-state index contributed by atoms with van der Waals surface area (Å²) in [4.78, 5) is 1.98. The average Bonchev–Trinajstić information content (AvgIpc) is 3.09. The third-order valence-electron chi connectivity index (χ3n) is 4.71. The molecule has 0 saturated heterocycles. The van der Waals surface area contributed by atoms with E-state index in [0.717, 1.165) is 35.6 Å². The summed E-state index contributed by atoms with van der Waals surface area (Å²) in [7, 11) is 0. The van der Waals surface area contributed by atoms with E-state index in [1.807, 2.05) is 24.3 Å². The minimum Gasteiger partial charge on any atom is -0.388 e. The average molecular weight is 340 g/mol. The molecule has 0 unspecified atom stereocenters. The van der Waals surface area contributed by atoms with Gasteiger partial charge in [0, 0.05) is 28.3 Å². The van der Waals surface area contributed by atoms with Crippen molar-refractivity contribution in [2.75, 3.05) is 0 Å². The van der Waals surface area contributed by atoms with E-state index in [9.17, 15) is 5.11 Å². The second-order valence-electron chi connectivity index (χ2n) is 6.39. The molecule has 0 aliphatic heterocycles. The van der Waals surface area contributed by atoms with Gasteiger partial charge in [0.15, 0.2) is 0 Å². The third kappa shape index (κ3) is 4.50. The molecular formula is C21H25NOS. The van der Waals surface area contributed by atoms with E-state index in [0.29, 0.717) is 6.04 Å². The summed E-state index contributed by atoms with van der Waals surface area (Å²) >= 11 is 1.58. The molecule has 0 amide bonds. The van der Waals surface area contributed by atoms with Crippen molar-refractivity contribution < 1.29 is 5.11 Å². The van der Waals surface area contributed by atoms with E-state index in [2.05, 4.69) is 48.3 Å². The predicted octanol–water partition coefficient (Wildman–Crippen LogP) is 4.61. The Kier molecular flexibility index (Phi) is 6.13. The maximum absolute atomic E-state index is 10.8. The van der Waals surface area contributed by atoms with Crippen LogP contribution in [0.1, 0.15) is 24.8 Å². The summed E-state index contributed by atoms with van der Waals surface area (Å²) in [6, 6.07) is 20.9. The van der Waals surface area contributed by atoms with Gasteiger partial charge in [-0.2, -0.15) is 0 Å². The Balaban J connectivity index is 1.56. The first kappa shape index (κ1) is 17.3. The number of rotatable bonds is 7. The zero-order valence-electron chi connectivity index (χ0n) is 13.9. The second-order valence-corrected chi connectivity index (χ2v) is 7.59. The van der Waals surface area contributed by atoms with Crippen LogP contribution < -0.4 is 5.32 Å². The highest BCUT2D eigenvalue weighted by Crippen LogP contribution is 2.36. The SMILES string of the molecule is C=C(Sc1ccccc1)[C@@H](O)[C@H]1CCC[C@H]1NCc1ccccc1. The first-order valence-corrected chi connectivity index (χ1v) is 9.43. The van der Waals surface area contributed by atoms with Crippen LogP contribution in [0, 0.1) is 5.92 Å². The Morgan fingerprint density at radius 2 is 1.75 bits per heavy atom. The lowest BCUT2D eigenvalue weighted by molar-refractivity contribution is 0.134. The van der Waals surface area contributed by atoms with Crippen molar-refractivity contribution >= 4 is 11.8 Å². The topological polar surface area (TPSA) is 32.3 Å². The molecule has 1 saturated carbocycles.